The summed E-state index contributed by atoms with van der Waals surface area (Å²) in [6.07, 6.45) is -1.55. The highest BCUT2D eigenvalue weighted by Gasteiger charge is 2.24. The fourth-order valence-electron chi connectivity index (χ4n) is 4.11. The maximum absolute atomic E-state index is 13.8. The van der Waals surface area contributed by atoms with E-state index in [0.29, 0.717) is 42.4 Å². The van der Waals surface area contributed by atoms with Crippen molar-refractivity contribution in [3.8, 4) is 17.2 Å². The van der Waals surface area contributed by atoms with Gasteiger partial charge in [0, 0.05) is 37.5 Å². The van der Waals surface area contributed by atoms with E-state index in [9.17, 15) is 4.79 Å². The number of ether oxygens (including phenoxy) is 6. The van der Waals surface area contributed by atoms with Crippen molar-refractivity contribution in [3.05, 3.63) is 46.0 Å². The third-order valence-electron chi connectivity index (χ3n) is 5.95. The molecule has 0 amide bonds. The van der Waals surface area contributed by atoms with Crippen molar-refractivity contribution in [2.75, 3.05) is 19.8 Å². The molecule has 0 saturated carbocycles. The minimum Gasteiger partial charge on any atom is -0.465 e. The summed E-state index contributed by atoms with van der Waals surface area (Å²) >= 11 is 0. The molecule has 0 heterocycles. The molecule has 0 spiro atoms. The third kappa shape index (κ3) is 8.68. The smallest absolute Gasteiger partial charge is 0.197 e. The Kier molecular flexibility index (Phi) is 12.3. The molecule has 7 nitrogen and oxygen atoms in total. The summed E-state index contributed by atoms with van der Waals surface area (Å²) in [4.78, 5) is 13.8. The molecule has 4 atom stereocenters. The Morgan fingerprint density at radius 2 is 1.16 bits per heavy atom. The van der Waals surface area contributed by atoms with E-state index in [1.54, 1.807) is 12.1 Å². The largest absolute Gasteiger partial charge is 0.465 e. The van der Waals surface area contributed by atoms with Crippen molar-refractivity contribution in [1.29, 1.82) is 0 Å². The van der Waals surface area contributed by atoms with Crippen LogP contribution in [-0.4, -0.2) is 44.2 Å². The van der Waals surface area contributed by atoms with Crippen molar-refractivity contribution in [2.45, 2.75) is 88.1 Å². The van der Waals surface area contributed by atoms with Gasteiger partial charge in [0.05, 0.1) is 5.30 Å². The van der Waals surface area contributed by atoms with E-state index >= 15 is 0 Å². The SMILES string of the molecule is CCOC(C)Oc1cc(OC(C)OCC)c(PC(=O)c2c(C)cc(C)c(C)c2C)c(OC(C)OCC)c1. The van der Waals surface area contributed by atoms with Gasteiger partial charge >= 0.3 is 0 Å². The van der Waals surface area contributed by atoms with Gasteiger partial charge in [-0.15, -0.1) is 0 Å². The van der Waals surface area contributed by atoms with E-state index in [0.717, 1.165) is 22.3 Å². The number of benzene rings is 2. The van der Waals surface area contributed by atoms with Crippen LogP contribution in [0.1, 0.15) is 74.2 Å². The van der Waals surface area contributed by atoms with E-state index in [4.69, 9.17) is 28.4 Å². The molecule has 0 aromatic heterocycles. The van der Waals surface area contributed by atoms with Crippen LogP contribution in [0.25, 0.3) is 0 Å². The molecule has 206 valence electrons. The number of hydrogen-bond acceptors (Lipinski definition) is 7. The lowest BCUT2D eigenvalue weighted by atomic mass is 9.95. The maximum atomic E-state index is 13.8. The molecule has 0 aliphatic carbocycles. The van der Waals surface area contributed by atoms with Gasteiger partial charge in [-0.05, 0) is 100 Å². The lowest BCUT2D eigenvalue weighted by Crippen LogP contribution is -2.24. The quantitative estimate of drug-likeness (QED) is 0.195. The van der Waals surface area contributed by atoms with Crippen LogP contribution in [0.2, 0.25) is 0 Å². The molecule has 37 heavy (non-hydrogen) atoms. The molecule has 2 aromatic carbocycles. The van der Waals surface area contributed by atoms with Crippen molar-refractivity contribution in [3.63, 3.8) is 0 Å². The fourth-order valence-corrected chi connectivity index (χ4v) is 5.35. The summed E-state index contributed by atoms with van der Waals surface area (Å²) in [6.45, 7) is 20.7. The predicted octanol–water partition coefficient (Wildman–Crippen LogP) is 6.35. The van der Waals surface area contributed by atoms with Crippen molar-refractivity contribution >= 4 is 19.4 Å². The first kappa shape index (κ1) is 31.0. The molecule has 2 aromatic rings. The summed E-state index contributed by atoms with van der Waals surface area (Å²) < 4.78 is 35.2. The van der Waals surface area contributed by atoms with Crippen LogP contribution >= 0.6 is 8.58 Å². The first-order valence-electron chi connectivity index (χ1n) is 12.9. The van der Waals surface area contributed by atoms with Crippen LogP contribution in [0, 0.1) is 27.7 Å². The van der Waals surface area contributed by atoms with E-state index < -0.39 is 18.9 Å². The molecule has 0 aliphatic heterocycles. The summed E-state index contributed by atoms with van der Waals surface area (Å²) in [5.74, 6) is 1.43. The topological polar surface area (TPSA) is 72.5 Å². The second kappa shape index (κ2) is 14.7. The first-order valence-corrected chi connectivity index (χ1v) is 13.9. The second-order valence-corrected chi connectivity index (χ2v) is 10.0. The molecule has 2 rings (SSSR count). The van der Waals surface area contributed by atoms with Crippen LogP contribution in [0.3, 0.4) is 0 Å². The molecule has 0 fully saturated rings. The van der Waals surface area contributed by atoms with E-state index in [2.05, 4.69) is 13.0 Å². The molecule has 0 saturated heterocycles. The Balaban J connectivity index is 2.62. The number of carbonyl (C=O) groups is 1. The highest BCUT2D eigenvalue weighted by atomic mass is 31.1. The molecular weight excluding hydrogens is 491 g/mol. The molecule has 0 N–H and O–H groups in total. The summed E-state index contributed by atoms with van der Waals surface area (Å²) in [5.41, 5.74) is 4.99. The van der Waals surface area contributed by atoms with Crippen LogP contribution in [0.4, 0.5) is 0 Å². The number of rotatable bonds is 15. The fraction of sp³-hybridized carbons (Fsp3) is 0.552. The second-order valence-electron chi connectivity index (χ2n) is 8.81. The van der Waals surface area contributed by atoms with Crippen molar-refractivity contribution in [1.82, 2.24) is 0 Å². The molecule has 4 unspecified atom stereocenters. The van der Waals surface area contributed by atoms with Crippen LogP contribution in [-0.2, 0) is 14.2 Å². The summed E-state index contributed by atoms with van der Waals surface area (Å²) in [5, 5.41) is 0.636. The average Bonchev–Trinajstić information content (AvgIpc) is 2.80. The zero-order valence-corrected chi connectivity index (χ0v) is 24.9. The Labute approximate surface area is 223 Å². The molecule has 0 aliphatic rings. The normalized spacial score (nSPS) is 14.0. The third-order valence-corrected chi connectivity index (χ3v) is 7.17. The summed E-state index contributed by atoms with van der Waals surface area (Å²) in [7, 11) is -0.252. The van der Waals surface area contributed by atoms with Gasteiger partial charge in [-0.25, -0.2) is 0 Å². The molecule has 8 heteroatoms. The van der Waals surface area contributed by atoms with Crippen molar-refractivity contribution < 1.29 is 33.2 Å². The lowest BCUT2D eigenvalue weighted by molar-refractivity contribution is -0.0678. The Hall–Kier alpha value is -2.18. The van der Waals surface area contributed by atoms with Gasteiger partial charge < -0.3 is 28.4 Å². The number of hydrogen-bond donors (Lipinski definition) is 0. The Bertz CT molecular complexity index is 1020. The van der Waals surface area contributed by atoms with E-state index in [1.807, 2.05) is 62.3 Å². The van der Waals surface area contributed by atoms with Gasteiger partial charge in [0.25, 0.3) is 0 Å². The summed E-state index contributed by atoms with van der Waals surface area (Å²) in [6, 6.07) is 5.59. The van der Waals surface area contributed by atoms with Gasteiger partial charge in [0.1, 0.15) is 17.2 Å². The highest BCUT2D eigenvalue weighted by Crippen LogP contribution is 2.37. The van der Waals surface area contributed by atoms with E-state index in [1.165, 1.54) is 5.56 Å². The zero-order chi connectivity index (χ0) is 27.7. The molecule has 0 radical (unpaired) electrons. The number of aryl methyl sites for hydroxylation is 2. The standard InChI is InChI=1S/C29H43O7P/c1-11-31-21(8)34-24-15-25(35-22(9)32-12-2)28(26(16-24)36-23(10)33-13-3)37-29(30)27-18(5)14-17(4)19(6)20(27)7/h14-16,21-23,37H,11-13H2,1-10H3. The minimum absolute atomic E-state index is 0.0114. The predicted molar refractivity (Wildman–Crippen MR) is 149 cm³/mol. The Morgan fingerprint density at radius 1 is 0.703 bits per heavy atom. The monoisotopic (exact) mass is 534 g/mol. The van der Waals surface area contributed by atoms with Gasteiger partial charge in [-0.3, -0.25) is 4.79 Å². The zero-order valence-electron chi connectivity index (χ0n) is 23.9. The molecule has 0 bridgehead atoms. The van der Waals surface area contributed by atoms with Crippen molar-refractivity contribution in [2.24, 2.45) is 0 Å². The van der Waals surface area contributed by atoms with Gasteiger partial charge in [-0.1, -0.05) is 6.07 Å². The minimum atomic E-state index is -0.537. The van der Waals surface area contributed by atoms with Gasteiger partial charge in [0.2, 0.25) is 0 Å². The average molecular weight is 535 g/mol. The van der Waals surface area contributed by atoms with E-state index in [-0.39, 0.29) is 14.1 Å². The van der Waals surface area contributed by atoms with Crippen LogP contribution in [0.15, 0.2) is 18.2 Å². The first-order chi connectivity index (χ1) is 17.5. The van der Waals surface area contributed by atoms with Gasteiger partial charge in [0.15, 0.2) is 24.4 Å². The van der Waals surface area contributed by atoms with Gasteiger partial charge in [-0.2, -0.15) is 0 Å². The highest BCUT2D eigenvalue weighted by molar-refractivity contribution is 7.66. The maximum Gasteiger partial charge on any atom is 0.197 e. The number of carbonyl (C=O) groups excluding carboxylic acids is 1. The lowest BCUT2D eigenvalue weighted by Gasteiger charge is -2.24. The van der Waals surface area contributed by atoms with Crippen LogP contribution < -0.4 is 19.5 Å². The van der Waals surface area contributed by atoms with Crippen LogP contribution in [0.5, 0.6) is 17.2 Å². The molecular formula is C29H43O7P. The Morgan fingerprint density at radius 3 is 1.62 bits per heavy atom.